The number of ketones is 1. The first-order valence-electron chi connectivity index (χ1n) is 6.16. The molecule has 2 aliphatic rings. The van der Waals surface area contributed by atoms with Gasteiger partial charge >= 0.3 is 6.18 Å². The summed E-state index contributed by atoms with van der Waals surface area (Å²) >= 11 is 0. The summed E-state index contributed by atoms with van der Waals surface area (Å²) in [6.45, 7) is 0.110. The molecule has 2 aliphatic carbocycles. The predicted octanol–water partition coefficient (Wildman–Crippen LogP) is 3.25. The van der Waals surface area contributed by atoms with Gasteiger partial charge in [-0.15, -0.1) is 0 Å². The maximum Gasteiger partial charge on any atom is 0.389 e. The molecule has 17 heavy (non-hydrogen) atoms. The van der Waals surface area contributed by atoms with Crippen LogP contribution in [0.2, 0.25) is 0 Å². The zero-order valence-corrected chi connectivity index (χ0v) is 9.68. The number of hydrogen-bond donors (Lipinski definition) is 0. The summed E-state index contributed by atoms with van der Waals surface area (Å²) in [7, 11) is 0. The van der Waals surface area contributed by atoms with Crippen molar-refractivity contribution in [3.8, 4) is 0 Å². The van der Waals surface area contributed by atoms with Crippen LogP contribution < -0.4 is 0 Å². The molecule has 0 aromatic carbocycles. The maximum absolute atomic E-state index is 11.9. The number of ether oxygens (including phenoxy) is 1. The number of alkyl halides is 3. The average molecular weight is 250 g/mol. The Kier molecular flexibility index (Phi) is 3.48. The number of rotatable bonds is 4. The third-order valence-electron chi connectivity index (χ3n) is 3.96. The van der Waals surface area contributed by atoms with Gasteiger partial charge < -0.3 is 4.74 Å². The molecule has 5 heteroatoms. The second-order valence-electron chi connectivity index (χ2n) is 5.07. The summed E-state index contributed by atoms with van der Waals surface area (Å²) in [4.78, 5) is 11.6. The van der Waals surface area contributed by atoms with Crippen molar-refractivity contribution in [2.24, 2.45) is 5.41 Å². The minimum absolute atomic E-state index is 0.00965. The number of carbonyl (C=O) groups excluding carboxylic acids is 1. The van der Waals surface area contributed by atoms with Crippen LogP contribution in [0.4, 0.5) is 13.2 Å². The fourth-order valence-electron chi connectivity index (χ4n) is 2.94. The van der Waals surface area contributed by atoms with Gasteiger partial charge in [-0.25, -0.2) is 0 Å². The van der Waals surface area contributed by atoms with E-state index in [0.717, 1.165) is 25.7 Å². The van der Waals surface area contributed by atoms with E-state index in [2.05, 4.69) is 0 Å². The first-order valence-corrected chi connectivity index (χ1v) is 6.16. The summed E-state index contributed by atoms with van der Waals surface area (Å²) < 4.78 is 41.2. The first kappa shape index (κ1) is 12.9. The van der Waals surface area contributed by atoms with E-state index in [1.54, 1.807) is 0 Å². The van der Waals surface area contributed by atoms with Crippen molar-refractivity contribution in [1.29, 1.82) is 0 Å². The molecule has 2 saturated carbocycles. The Morgan fingerprint density at radius 3 is 2.47 bits per heavy atom. The van der Waals surface area contributed by atoms with Gasteiger partial charge in [0.2, 0.25) is 0 Å². The van der Waals surface area contributed by atoms with Gasteiger partial charge in [-0.3, -0.25) is 4.79 Å². The monoisotopic (exact) mass is 250 g/mol. The Bertz CT molecular complexity index is 293. The third-order valence-corrected chi connectivity index (χ3v) is 3.96. The fourth-order valence-corrected chi connectivity index (χ4v) is 2.94. The van der Waals surface area contributed by atoms with Gasteiger partial charge in [0.05, 0.1) is 11.5 Å². The lowest BCUT2D eigenvalue weighted by Crippen LogP contribution is -2.53. The van der Waals surface area contributed by atoms with Gasteiger partial charge in [0.25, 0.3) is 0 Å². The smallest absolute Gasteiger partial charge is 0.377 e. The van der Waals surface area contributed by atoms with E-state index in [0.29, 0.717) is 6.42 Å². The summed E-state index contributed by atoms with van der Waals surface area (Å²) in [5.74, 6) is 0.246. The Labute approximate surface area is 98.5 Å². The Balaban J connectivity index is 1.72. The Morgan fingerprint density at radius 1 is 1.29 bits per heavy atom. The highest BCUT2D eigenvalue weighted by Gasteiger charge is 2.56. The molecule has 2 nitrogen and oxygen atoms in total. The highest BCUT2D eigenvalue weighted by molar-refractivity contribution is 5.92. The van der Waals surface area contributed by atoms with Gasteiger partial charge in [0.1, 0.15) is 5.78 Å². The molecule has 0 amide bonds. The highest BCUT2D eigenvalue weighted by atomic mass is 19.4. The second-order valence-corrected chi connectivity index (χ2v) is 5.07. The van der Waals surface area contributed by atoms with Crippen molar-refractivity contribution < 1.29 is 22.7 Å². The minimum atomic E-state index is -4.11. The summed E-state index contributed by atoms with van der Waals surface area (Å²) in [5.41, 5.74) is -0.321. The molecule has 1 atom stereocenters. The van der Waals surface area contributed by atoms with Gasteiger partial charge in [-0.1, -0.05) is 12.8 Å². The molecule has 0 N–H and O–H groups in total. The molecule has 2 rings (SSSR count). The van der Waals surface area contributed by atoms with E-state index in [1.807, 2.05) is 0 Å². The molecule has 1 spiro atoms. The molecule has 0 saturated heterocycles. The molecular weight excluding hydrogens is 233 g/mol. The molecule has 0 bridgehead atoms. The average Bonchev–Trinajstić information content (AvgIpc) is 2.72. The summed E-state index contributed by atoms with van der Waals surface area (Å²) in [6, 6.07) is 0. The Morgan fingerprint density at radius 2 is 1.94 bits per heavy atom. The normalized spacial score (nSPS) is 27.5. The molecule has 0 aliphatic heterocycles. The van der Waals surface area contributed by atoms with Gasteiger partial charge in [0, 0.05) is 19.4 Å². The van der Waals surface area contributed by atoms with E-state index in [-0.39, 0.29) is 30.3 Å². The van der Waals surface area contributed by atoms with Crippen LogP contribution in [0.15, 0.2) is 0 Å². The van der Waals surface area contributed by atoms with Crippen LogP contribution in [-0.2, 0) is 9.53 Å². The van der Waals surface area contributed by atoms with Crippen LogP contribution in [0, 0.1) is 5.41 Å². The molecule has 98 valence electrons. The van der Waals surface area contributed by atoms with E-state index < -0.39 is 12.6 Å². The molecule has 0 heterocycles. The van der Waals surface area contributed by atoms with Crippen LogP contribution in [0.25, 0.3) is 0 Å². The third kappa shape index (κ3) is 2.64. The largest absolute Gasteiger partial charge is 0.389 e. The highest BCUT2D eigenvalue weighted by Crippen LogP contribution is 2.51. The van der Waals surface area contributed by atoms with Crippen molar-refractivity contribution in [2.45, 2.75) is 57.2 Å². The number of Topliss-reactive ketones (excluding diaryl/α,β-unsaturated/α-hetero) is 1. The fraction of sp³-hybridized carbons (Fsp3) is 0.917. The molecular formula is C12H17F3O2. The summed E-state index contributed by atoms with van der Waals surface area (Å²) in [6.07, 6.45) is -0.861. The van der Waals surface area contributed by atoms with E-state index in [9.17, 15) is 18.0 Å². The number of hydrogen-bond acceptors (Lipinski definition) is 2. The van der Waals surface area contributed by atoms with Crippen molar-refractivity contribution in [3.05, 3.63) is 0 Å². The van der Waals surface area contributed by atoms with Crippen LogP contribution in [0.1, 0.15) is 44.9 Å². The number of halogens is 3. The van der Waals surface area contributed by atoms with Crippen LogP contribution in [0.3, 0.4) is 0 Å². The standard InChI is InChI=1S/C12H17F3O2/c13-12(14,15)6-3-7-17-10-8-9(16)11(10)4-1-2-5-11/h10H,1-8H2. The SMILES string of the molecule is O=C1CC(OCCCC(F)(F)F)C12CCCC2. The molecule has 1 unspecified atom stereocenters. The van der Waals surface area contributed by atoms with E-state index in [4.69, 9.17) is 4.74 Å². The lowest BCUT2D eigenvalue weighted by molar-refractivity contribution is -0.167. The summed E-state index contributed by atoms with van der Waals surface area (Å²) in [5, 5.41) is 0. The van der Waals surface area contributed by atoms with Crippen molar-refractivity contribution in [1.82, 2.24) is 0 Å². The number of carbonyl (C=O) groups is 1. The molecule has 0 aromatic rings. The zero-order valence-electron chi connectivity index (χ0n) is 9.68. The maximum atomic E-state index is 11.9. The molecule has 0 radical (unpaired) electrons. The first-order chi connectivity index (χ1) is 7.94. The van der Waals surface area contributed by atoms with Crippen LogP contribution in [-0.4, -0.2) is 24.7 Å². The van der Waals surface area contributed by atoms with Crippen molar-refractivity contribution in [2.75, 3.05) is 6.61 Å². The second kappa shape index (κ2) is 4.59. The van der Waals surface area contributed by atoms with E-state index >= 15 is 0 Å². The zero-order chi connectivity index (χ0) is 12.5. The Hall–Kier alpha value is -0.580. The predicted molar refractivity (Wildman–Crippen MR) is 55.6 cm³/mol. The van der Waals surface area contributed by atoms with Gasteiger partial charge in [-0.05, 0) is 19.3 Å². The van der Waals surface area contributed by atoms with Gasteiger partial charge in [0.15, 0.2) is 0 Å². The van der Waals surface area contributed by atoms with E-state index in [1.165, 1.54) is 0 Å². The van der Waals surface area contributed by atoms with Crippen LogP contribution >= 0.6 is 0 Å². The molecule has 0 aromatic heterocycles. The topological polar surface area (TPSA) is 26.3 Å². The van der Waals surface area contributed by atoms with Crippen molar-refractivity contribution >= 4 is 5.78 Å². The van der Waals surface area contributed by atoms with Crippen LogP contribution in [0.5, 0.6) is 0 Å². The van der Waals surface area contributed by atoms with Crippen molar-refractivity contribution in [3.63, 3.8) is 0 Å². The minimum Gasteiger partial charge on any atom is -0.377 e. The molecule has 2 fully saturated rings. The quantitative estimate of drug-likeness (QED) is 0.716. The lowest BCUT2D eigenvalue weighted by Gasteiger charge is -2.44. The lowest BCUT2D eigenvalue weighted by atomic mass is 9.63. The van der Waals surface area contributed by atoms with Gasteiger partial charge in [-0.2, -0.15) is 13.2 Å².